The number of hydrogen-bond acceptors (Lipinski definition) is 3. The zero-order valence-corrected chi connectivity index (χ0v) is 11.7. The Morgan fingerprint density at radius 3 is 2.75 bits per heavy atom. The second kappa shape index (κ2) is 5.90. The van der Waals surface area contributed by atoms with Crippen molar-refractivity contribution in [1.29, 1.82) is 0 Å². The summed E-state index contributed by atoms with van der Waals surface area (Å²) in [7, 11) is 0. The van der Waals surface area contributed by atoms with E-state index in [1.54, 1.807) is 0 Å². The number of amides is 2. The van der Waals surface area contributed by atoms with E-state index in [1.165, 1.54) is 0 Å². The van der Waals surface area contributed by atoms with E-state index < -0.39 is 0 Å². The first-order valence-corrected chi connectivity index (χ1v) is 6.71. The van der Waals surface area contributed by atoms with Crippen molar-refractivity contribution in [3.8, 4) is 0 Å². The Kier molecular flexibility index (Phi) is 4.22. The maximum atomic E-state index is 12.0. The number of piperidine rings is 1. The van der Waals surface area contributed by atoms with Crippen LogP contribution >= 0.6 is 0 Å². The lowest BCUT2D eigenvalue weighted by Gasteiger charge is -2.21. The standard InChI is InChI=1S/C14H19N3O3/c1-8-5-9(2)17-14(20)11(8)7-16-13(19)10-3-4-12(18)15-6-10/h5,10H,3-4,6-7H2,1-2H3,(H,15,18)(H,16,19)(H,17,20)/t10-/m1/s1. The molecule has 1 aliphatic heterocycles. The molecule has 0 aliphatic carbocycles. The lowest BCUT2D eigenvalue weighted by Crippen LogP contribution is -2.43. The summed E-state index contributed by atoms with van der Waals surface area (Å²) in [5.74, 6) is -0.346. The number of nitrogens with one attached hydrogen (secondary N) is 3. The zero-order valence-electron chi connectivity index (χ0n) is 11.7. The number of hydrogen-bond donors (Lipinski definition) is 3. The van der Waals surface area contributed by atoms with Crippen molar-refractivity contribution >= 4 is 11.8 Å². The van der Waals surface area contributed by atoms with Crippen molar-refractivity contribution in [3.63, 3.8) is 0 Å². The van der Waals surface area contributed by atoms with Crippen molar-refractivity contribution in [2.75, 3.05) is 6.54 Å². The van der Waals surface area contributed by atoms with Gasteiger partial charge in [-0.05, 0) is 31.9 Å². The van der Waals surface area contributed by atoms with Gasteiger partial charge in [0, 0.05) is 30.8 Å². The molecule has 1 atom stereocenters. The molecule has 1 aliphatic rings. The van der Waals surface area contributed by atoms with Gasteiger partial charge in [-0.25, -0.2) is 0 Å². The molecule has 6 nitrogen and oxygen atoms in total. The predicted molar refractivity (Wildman–Crippen MR) is 74.1 cm³/mol. The van der Waals surface area contributed by atoms with Crippen LogP contribution in [-0.4, -0.2) is 23.3 Å². The fourth-order valence-electron chi connectivity index (χ4n) is 2.38. The normalized spacial score (nSPS) is 18.5. The number of aromatic nitrogens is 1. The Morgan fingerprint density at radius 2 is 2.15 bits per heavy atom. The zero-order chi connectivity index (χ0) is 14.7. The van der Waals surface area contributed by atoms with Crippen LogP contribution in [0.1, 0.15) is 29.7 Å². The Hall–Kier alpha value is -2.11. The second-order valence-corrected chi connectivity index (χ2v) is 5.20. The van der Waals surface area contributed by atoms with Crippen LogP contribution in [0, 0.1) is 19.8 Å². The van der Waals surface area contributed by atoms with E-state index >= 15 is 0 Å². The number of aryl methyl sites for hydroxylation is 2. The molecular formula is C14H19N3O3. The maximum Gasteiger partial charge on any atom is 0.253 e. The maximum absolute atomic E-state index is 12.0. The Balaban J connectivity index is 1.97. The summed E-state index contributed by atoms with van der Waals surface area (Å²) < 4.78 is 0. The third kappa shape index (κ3) is 3.26. The Bertz CT molecular complexity index is 582. The molecule has 1 saturated heterocycles. The summed E-state index contributed by atoms with van der Waals surface area (Å²) in [4.78, 5) is 37.6. The molecule has 0 saturated carbocycles. The summed E-state index contributed by atoms with van der Waals surface area (Å²) in [6.07, 6.45) is 0.934. The van der Waals surface area contributed by atoms with Crippen LogP contribution in [0.15, 0.2) is 10.9 Å². The molecule has 108 valence electrons. The van der Waals surface area contributed by atoms with E-state index in [4.69, 9.17) is 0 Å². The molecule has 0 aromatic carbocycles. The first kappa shape index (κ1) is 14.3. The van der Waals surface area contributed by atoms with E-state index in [1.807, 2.05) is 19.9 Å². The van der Waals surface area contributed by atoms with Gasteiger partial charge in [-0.1, -0.05) is 0 Å². The van der Waals surface area contributed by atoms with Gasteiger partial charge in [0.15, 0.2) is 0 Å². The molecule has 6 heteroatoms. The fraction of sp³-hybridized carbons (Fsp3) is 0.500. The van der Waals surface area contributed by atoms with Crippen molar-refractivity contribution in [3.05, 3.63) is 33.2 Å². The molecule has 1 aromatic heterocycles. The number of rotatable bonds is 3. The van der Waals surface area contributed by atoms with Crippen LogP contribution in [0.2, 0.25) is 0 Å². The van der Waals surface area contributed by atoms with Crippen LogP contribution in [0.4, 0.5) is 0 Å². The largest absolute Gasteiger partial charge is 0.355 e. The smallest absolute Gasteiger partial charge is 0.253 e. The van der Waals surface area contributed by atoms with E-state index in [9.17, 15) is 14.4 Å². The molecule has 2 amide bonds. The molecule has 1 aromatic rings. The lowest BCUT2D eigenvalue weighted by molar-refractivity contribution is -0.129. The molecule has 1 fully saturated rings. The SMILES string of the molecule is Cc1cc(C)c(CNC(=O)[C@@H]2CCC(=O)NC2)c(=O)[nH]1. The van der Waals surface area contributed by atoms with Gasteiger partial charge in [0.05, 0.1) is 5.92 Å². The topological polar surface area (TPSA) is 91.1 Å². The molecule has 0 bridgehead atoms. The van der Waals surface area contributed by atoms with E-state index in [0.717, 1.165) is 11.3 Å². The third-order valence-electron chi connectivity index (χ3n) is 3.57. The second-order valence-electron chi connectivity index (χ2n) is 5.20. The fourth-order valence-corrected chi connectivity index (χ4v) is 2.38. The molecule has 0 radical (unpaired) electrons. The number of H-pyrrole nitrogens is 1. The first-order chi connectivity index (χ1) is 9.47. The van der Waals surface area contributed by atoms with Crippen LogP contribution in [0.5, 0.6) is 0 Å². The molecule has 2 rings (SSSR count). The van der Waals surface area contributed by atoms with Crippen molar-refractivity contribution in [2.24, 2.45) is 5.92 Å². The summed E-state index contributed by atoms with van der Waals surface area (Å²) in [6.45, 7) is 4.25. The van der Waals surface area contributed by atoms with Gasteiger partial charge in [0.2, 0.25) is 11.8 Å². The van der Waals surface area contributed by atoms with Gasteiger partial charge < -0.3 is 15.6 Å². The van der Waals surface area contributed by atoms with Crippen LogP contribution in [0.3, 0.4) is 0 Å². The number of carbonyl (C=O) groups is 2. The molecule has 2 heterocycles. The summed E-state index contributed by atoms with van der Waals surface area (Å²) in [5.41, 5.74) is 2.07. The average molecular weight is 277 g/mol. The number of aromatic amines is 1. The number of carbonyl (C=O) groups excluding carboxylic acids is 2. The minimum atomic E-state index is -0.211. The van der Waals surface area contributed by atoms with Crippen molar-refractivity contribution < 1.29 is 9.59 Å². The highest BCUT2D eigenvalue weighted by atomic mass is 16.2. The van der Waals surface area contributed by atoms with Crippen LogP contribution in [-0.2, 0) is 16.1 Å². The minimum Gasteiger partial charge on any atom is -0.355 e. The van der Waals surface area contributed by atoms with Crippen molar-refractivity contribution in [1.82, 2.24) is 15.6 Å². The highest BCUT2D eigenvalue weighted by molar-refractivity contribution is 5.83. The Labute approximate surface area is 117 Å². The summed E-state index contributed by atoms with van der Waals surface area (Å²) in [5, 5.41) is 5.45. The average Bonchev–Trinajstić information content (AvgIpc) is 2.38. The highest BCUT2D eigenvalue weighted by Gasteiger charge is 2.24. The Morgan fingerprint density at radius 1 is 1.40 bits per heavy atom. The van der Waals surface area contributed by atoms with Gasteiger partial charge in [-0.15, -0.1) is 0 Å². The minimum absolute atomic E-state index is 0.0140. The molecular weight excluding hydrogens is 258 g/mol. The lowest BCUT2D eigenvalue weighted by atomic mass is 9.98. The summed E-state index contributed by atoms with van der Waals surface area (Å²) >= 11 is 0. The molecule has 0 spiro atoms. The van der Waals surface area contributed by atoms with Gasteiger partial charge in [-0.3, -0.25) is 14.4 Å². The van der Waals surface area contributed by atoms with Gasteiger partial charge in [-0.2, -0.15) is 0 Å². The van der Waals surface area contributed by atoms with Crippen LogP contribution in [0.25, 0.3) is 0 Å². The molecule has 0 unspecified atom stereocenters. The van der Waals surface area contributed by atoms with Crippen LogP contribution < -0.4 is 16.2 Å². The van der Waals surface area contributed by atoms with Crippen molar-refractivity contribution in [2.45, 2.75) is 33.2 Å². The van der Waals surface area contributed by atoms with E-state index in [-0.39, 0.29) is 29.8 Å². The van der Waals surface area contributed by atoms with Gasteiger partial charge >= 0.3 is 0 Å². The monoisotopic (exact) mass is 277 g/mol. The summed E-state index contributed by atoms with van der Waals surface area (Å²) in [6, 6.07) is 1.88. The first-order valence-electron chi connectivity index (χ1n) is 6.71. The quantitative estimate of drug-likeness (QED) is 0.733. The molecule has 3 N–H and O–H groups in total. The van der Waals surface area contributed by atoms with Gasteiger partial charge in [0.25, 0.3) is 5.56 Å². The van der Waals surface area contributed by atoms with E-state index in [0.29, 0.717) is 24.9 Å². The predicted octanol–water partition coefficient (Wildman–Crippen LogP) is 0.134. The molecule has 20 heavy (non-hydrogen) atoms. The number of pyridine rings is 1. The van der Waals surface area contributed by atoms with Gasteiger partial charge in [0.1, 0.15) is 0 Å². The highest BCUT2D eigenvalue weighted by Crippen LogP contribution is 2.11. The van der Waals surface area contributed by atoms with E-state index in [2.05, 4.69) is 15.6 Å². The third-order valence-corrected chi connectivity index (χ3v) is 3.57.